The molecule has 0 saturated heterocycles. The summed E-state index contributed by atoms with van der Waals surface area (Å²) in [6.45, 7) is 6.25. The van der Waals surface area contributed by atoms with Crippen molar-refractivity contribution in [1.29, 1.82) is 0 Å². The molecule has 0 aliphatic heterocycles. The Morgan fingerprint density at radius 1 is 0.241 bits per heavy atom. The highest BCUT2D eigenvalue weighted by molar-refractivity contribution is 5.71. The first-order chi connectivity index (χ1) is 41.0. The summed E-state index contributed by atoms with van der Waals surface area (Å²) >= 11 is 0. The Morgan fingerprint density at radius 3 is 0.687 bits per heavy atom. The van der Waals surface area contributed by atoms with Gasteiger partial charge < -0.3 is 14.2 Å². The topological polar surface area (TPSA) is 78.9 Å². The molecule has 0 heterocycles. The summed E-state index contributed by atoms with van der Waals surface area (Å²) in [7, 11) is 0. The van der Waals surface area contributed by atoms with E-state index in [1.807, 2.05) is 0 Å². The Bertz CT molecular complexity index is 1940. The Morgan fingerprint density at radius 2 is 0.434 bits per heavy atom. The van der Waals surface area contributed by atoms with E-state index >= 15 is 0 Å². The molecule has 0 aromatic heterocycles. The predicted molar refractivity (Wildman–Crippen MR) is 361 cm³/mol. The van der Waals surface area contributed by atoms with Gasteiger partial charge in [0.1, 0.15) is 13.2 Å². The number of esters is 3. The van der Waals surface area contributed by atoms with Crippen molar-refractivity contribution in [2.75, 3.05) is 13.2 Å². The van der Waals surface area contributed by atoms with Crippen LogP contribution in [0.3, 0.4) is 0 Å². The summed E-state index contributed by atoms with van der Waals surface area (Å²) in [5, 5.41) is 0. The predicted octanol–water partition coefficient (Wildman–Crippen LogP) is 23.2. The zero-order valence-corrected chi connectivity index (χ0v) is 53.1. The highest BCUT2D eigenvalue weighted by Gasteiger charge is 2.19. The van der Waals surface area contributed by atoms with E-state index in [0.717, 1.165) is 180 Å². The third-order valence-corrected chi connectivity index (χ3v) is 13.4. The minimum absolute atomic E-state index is 0.105. The molecule has 0 rings (SSSR count). The zero-order chi connectivity index (χ0) is 59.9. The van der Waals surface area contributed by atoms with Crippen molar-refractivity contribution in [3.8, 4) is 0 Å². The van der Waals surface area contributed by atoms with Gasteiger partial charge in [0.15, 0.2) is 6.10 Å². The molecule has 0 fully saturated rings. The maximum absolute atomic E-state index is 12.9. The molecule has 0 aromatic rings. The van der Waals surface area contributed by atoms with Gasteiger partial charge in [-0.3, -0.25) is 14.4 Å². The first-order valence-electron chi connectivity index (χ1n) is 33.3. The molecule has 6 heteroatoms. The monoisotopic (exact) mass is 1140 g/mol. The van der Waals surface area contributed by atoms with Crippen molar-refractivity contribution in [3.63, 3.8) is 0 Å². The number of rotatable bonds is 58. The van der Waals surface area contributed by atoms with E-state index in [9.17, 15) is 14.4 Å². The van der Waals surface area contributed by atoms with Crippen LogP contribution in [0.5, 0.6) is 0 Å². The molecule has 0 N–H and O–H groups in total. The van der Waals surface area contributed by atoms with Crippen LogP contribution in [0.2, 0.25) is 0 Å². The molecule has 0 aromatic carbocycles. The quantitative estimate of drug-likeness (QED) is 0.0261. The fraction of sp³-hybridized carbons (Fsp3) is 0.571. The third-order valence-electron chi connectivity index (χ3n) is 13.4. The second-order valence-electron chi connectivity index (χ2n) is 21.2. The second-order valence-corrected chi connectivity index (χ2v) is 21.2. The fourth-order valence-corrected chi connectivity index (χ4v) is 8.52. The molecule has 83 heavy (non-hydrogen) atoms. The molecule has 0 spiro atoms. The molecule has 6 nitrogen and oxygen atoms in total. The molecule has 464 valence electrons. The van der Waals surface area contributed by atoms with Gasteiger partial charge in [0.2, 0.25) is 0 Å². The van der Waals surface area contributed by atoms with Gasteiger partial charge in [0, 0.05) is 19.3 Å². The van der Waals surface area contributed by atoms with Crippen molar-refractivity contribution in [2.45, 2.75) is 271 Å². The van der Waals surface area contributed by atoms with Crippen molar-refractivity contribution in [1.82, 2.24) is 0 Å². The Balaban J connectivity index is 4.33. The highest BCUT2D eigenvalue weighted by Crippen LogP contribution is 2.14. The van der Waals surface area contributed by atoms with E-state index in [2.05, 4.69) is 203 Å². The first-order valence-corrected chi connectivity index (χ1v) is 33.3. The maximum atomic E-state index is 12.9. The van der Waals surface area contributed by atoms with E-state index in [1.54, 1.807) is 0 Å². The minimum atomic E-state index is -0.811. The zero-order valence-electron chi connectivity index (χ0n) is 53.1. The van der Waals surface area contributed by atoms with Gasteiger partial charge >= 0.3 is 17.9 Å². The molecular weight excluding hydrogens is 1020 g/mol. The normalized spacial score (nSPS) is 13.3. The SMILES string of the molecule is CC/C=C\C/C=C\C/C=C\C/C=C\C/C=C\C/C=C\C/C=C\C/C=C\C/C=C\CCCCCCCCCC(=O)OCC(COC(=O)CCCCC/C=C\C/C=C\C/C=C\CC)OC(=O)CCCCCCCCC/C=C\C/C=C\C/C=C\CC. The molecule has 1 atom stereocenters. The van der Waals surface area contributed by atoms with Crippen molar-refractivity contribution in [2.24, 2.45) is 0 Å². The summed E-state index contributed by atoms with van der Waals surface area (Å²) in [5.74, 6) is -0.961. The fourth-order valence-electron chi connectivity index (χ4n) is 8.52. The van der Waals surface area contributed by atoms with Gasteiger partial charge in [-0.2, -0.15) is 0 Å². The molecule has 0 bridgehead atoms. The van der Waals surface area contributed by atoms with Gasteiger partial charge in [-0.1, -0.05) is 274 Å². The molecule has 1 unspecified atom stereocenters. The van der Waals surface area contributed by atoms with Crippen LogP contribution in [0.1, 0.15) is 265 Å². The molecular formula is C77H120O6. The van der Waals surface area contributed by atoms with E-state index in [0.29, 0.717) is 19.3 Å². The lowest BCUT2D eigenvalue weighted by molar-refractivity contribution is -0.167. The van der Waals surface area contributed by atoms with Gasteiger partial charge in [0.25, 0.3) is 0 Å². The van der Waals surface area contributed by atoms with Crippen LogP contribution in [0, 0.1) is 0 Å². The van der Waals surface area contributed by atoms with Gasteiger partial charge in [-0.25, -0.2) is 0 Å². The average Bonchev–Trinajstić information content (AvgIpc) is 3.49. The lowest BCUT2D eigenvalue weighted by Crippen LogP contribution is -2.30. The Hall–Kier alpha value is -5.49. The summed E-state index contributed by atoms with van der Waals surface area (Å²) in [4.78, 5) is 38.3. The van der Waals surface area contributed by atoms with Crippen molar-refractivity contribution in [3.05, 3.63) is 182 Å². The smallest absolute Gasteiger partial charge is 0.306 e. The minimum Gasteiger partial charge on any atom is -0.462 e. The number of allylic oxidation sites excluding steroid dienone is 30. The van der Waals surface area contributed by atoms with E-state index in [1.165, 1.54) is 44.9 Å². The Labute approximate surface area is 510 Å². The first kappa shape index (κ1) is 77.5. The van der Waals surface area contributed by atoms with Crippen LogP contribution in [-0.4, -0.2) is 37.2 Å². The third kappa shape index (κ3) is 67.2. The summed E-state index contributed by atoms with van der Waals surface area (Å²) in [6, 6.07) is 0. The van der Waals surface area contributed by atoms with Gasteiger partial charge in [0.05, 0.1) is 0 Å². The number of carbonyl (C=O) groups excluding carboxylic acids is 3. The number of unbranched alkanes of at least 4 members (excludes halogenated alkanes) is 17. The molecule has 0 amide bonds. The van der Waals surface area contributed by atoms with E-state index in [4.69, 9.17) is 14.2 Å². The summed E-state index contributed by atoms with van der Waals surface area (Å²) in [5.41, 5.74) is 0. The van der Waals surface area contributed by atoms with Crippen LogP contribution in [0.25, 0.3) is 0 Å². The number of hydrogen-bond donors (Lipinski definition) is 0. The average molecular weight is 1140 g/mol. The van der Waals surface area contributed by atoms with Crippen molar-refractivity contribution >= 4 is 17.9 Å². The van der Waals surface area contributed by atoms with Crippen LogP contribution >= 0.6 is 0 Å². The summed E-state index contributed by atoms with van der Waals surface area (Å²) < 4.78 is 16.9. The van der Waals surface area contributed by atoms with Crippen molar-refractivity contribution < 1.29 is 28.6 Å². The molecule has 0 aliphatic rings. The molecule has 0 radical (unpaired) electrons. The van der Waals surface area contributed by atoms with Gasteiger partial charge in [-0.15, -0.1) is 0 Å². The number of carbonyl (C=O) groups is 3. The van der Waals surface area contributed by atoms with E-state index < -0.39 is 6.10 Å². The highest BCUT2D eigenvalue weighted by atomic mass is 16.6. The molecule has 0 aliphatic carbocycles. The maximum Gasteiger partial charge on any atom is 0.306 e. The molecule has 0 saturated carbocycles. The van der Waals surface area contributed by atoms with Gasteiger partial charge in [-0.05, 0) is 154 Å². The van der Waals surface area contributed by atoms with Crippen LogP contribution in [-0.2, 0) is 28.6 Å². The standard InChI is InChI=1S/C77H120O6/c1-4-7-10-13-16-19-22-25-27-29-30-31-32-33-34-35-36-37-38-39-40-41-42-43-44-45-46-48-49-52-55-58-61-64-67-70-76(79)82-73-74(72-81-75(78)69-66-63-60-57-54-51-24-21-18-15-12-9-6-3)83-77(80)71-68-65-62-59-56-53-50-47-28-26-23-20-17-14-11-8-5-2/h7-12,16-21,25-28,30-31,33-34,36-37,39-40,42-43,45-46,51,54,74H,4-6,13-15,22-24,29,32,35,38,41,44,47-50,52-53,55-73H2,1-3H3/b10-7-,11-8-,12-9-,19-16-,20-17-,21-18-,27-25-,28-26-,31-30-,34-33-,37-36-,40-39-,43-42-,46-45-,54-51-. The lowest BCUT2D eigenvalue weighted by Gasteiger charge is -2.18. The number of hydrogen-bond acceptors (Lipinski definition) is 6. The van der Waals surface area contributed by atoms with Crippen LogP contribution in [0.4, 0.5) is 0 Å². The van der Waals surface area contributed by atoms with E-state index in [-0.39, 0.29) is 31.1 Å². The Kier molecular flexibility index (Phi) is 64.4. The van der Waals surface area contributed by atoms with Crippen LogP contribution in [0.15, 0.2) is 182 Å². The second kappa shape index (κ2) is 69.0. The lowest BCUT2D eigenvalue weighted by atomic mass is 10.1. The van der Waals surface area contributed by atoms with Crippen LogP contribution < -0.4 is 0 Å². The summed E-state index contributed by atoms with van der Waals surface area (Å²) in [6.07, 6.45) is 103. The largest absolute Gasteiger partial charge is 0.462 e. The number of ether oxygens (including phenoxy) is 3.